The average molecular weight is 258 g/mol. The summed E-state index contributed by atoms with van der Waals surface area (Å²) in [6.07, 6.45) is 0.844. The van der Waals surface area contributed by atoms with Crippen molar-refractivity contribution < 1.29 is 0 Å². The molecule has 0 spiro atoms. The van der Waals surface area contributed by atoms with Gasteiger partial charge in [0, 0.05) is 12.0 Å². The van der Waals surface area contributed by atoms with E-state index in [0.717, 1.165) is 22.2 Å². The summed E-state index contributed by atoms with van der Waals surface area (Å²) in [5, 5.41) is 13.9. The van der Waals surface area contributed by atoms with Crippen LogP contribution >= 0.6 is 11.3 Å². The van der Waals surface area contributed by atoms with Gasteiger partial charge in [-0.25, -0.2) is 0 Å². The van der Waals surface area contributed by atoms with Gasteiger partial charge in [0.2, 0.25) is 4.96 Å². The summed E-state index contributed by atoms with van der Waals surface area (Å²) in [4.78, 5) is 0.864. The molecule has 0 atom stereocenters. The van der Waals surface area contributed by atoms with Crippen LogP contribution in [0.1, 0.15) is 23.9 Å². The molecule has 3 aromatic rings. The van der Waals surface area contributed by atoms with Crippen LogP contribution in [-0.4, -0.2) is 19.8 Å². The summed E-state index contributed by atoms with van der Waals surface area (Å²) in [6.45, 7) is 6.27. The minimum absolute atomic E-state index is 0.844. The van der Waals surface area contributed by atoms with Crippen molar-refractivity contribution >= 4 is 16.3 Å². The zero-order chi connectivity index (χ0) is 12.7. The Balaban J connectivity index is 2.19. The normalized spacial score (nSPS) is 11.3. The molecule has 0 fully saturated rings. The Labute approximate surface area is 109 Å². The van der Waals surface area contributed by atoms with Gasteiger partial charge in [-0.1, -0.05) is 36.0 Å². The summed E-state index contributed by atoms with van der Waals surface area (Å²) in [7, 11) is 0. The molecule has 0 N–H and O–H groups in total. The molecule has 3 rings (SSSR count). The Morgan fingerprint density at radius 2 is 2.06 bits per heavy atom. The van der Waals surface area contributed by atoms with Crippen molar-refractivity contribution in [2.75, 3.05) is 0 Å². The monoisotopic (exact) mass is 258 g/mol. The molecule has 0 amide bonds. The lowest BCUT2D eigenvalue weighted by Gasteiger charge is -2.02. The fourth-order valence-corrected chi connectivity index (χ4v) is 2.89. The van der Waals surface area contributed by atoms with E-state index in [-0.39, 0.29) is 0 Å². The van der Waals surface area contributed by atoms with Crippen molar-refractivity contribution in [3.05, 3.63) is 35.2 Å². The number of aromatic nitrogens is 4. The molecule has 0 aliphatic rings. The smallest absolute Gasteiger partial charge is 0.187 e. The lowest BCUT2D eigenvalue weighted by atomic mass is 10.1. The molecule has 0 aliphatic heterocycles. The van der Waals surface area contributed by atoms with Crippen LogP contribution in [0.5, 0.6) is 0 Å². The molecule has 2 aromatic heterocycles. The van der Waals surface area contributed by atoms with Crippen molar-refractivity contribution in [1.82, 2.24) is 19.8 Å². The molecule has 92 valence electrons. The predicted molar refractivity (Wildman–Crippen MR) is 72.9 cm³/mol. The minimum Gasteiger partial charge on any atom is -0.187 e. The third kappa shape index (κ3) is 1.71. The number of aryl methyl sites for hydroxylation is 3. The van der Waals surface area contributed by atoms with Gasteiger partial charge in [0.25, 0.3) is 0 Å². The van der Waals surface area contributed by atoms with Gasteiger partial charge in [-0.15, -0.1) is 10.2 Å². The van der Waals surface area contributed by atoms with Crippen molar-refractivity contribution in [2.45, 2.75) is 27.2 Å². The Kier molecular flexibility index (Phi) is 2.63. The second kappa shape index (κ2) is 4.17. The number of fused-ring (bicyclic) bond motifs is 1. The Morgan fingerprint density at radius 3 is 2.83 bits per heavy atom. The Morgan fingerprint density at radius 1 is 1.22 bits per heavy atom. The van der Waals surface area contributed by atoms with E-state index in [0.29, 0.717) is 0 Å². The molecule has 0 bridgehead atoms. The highest BCUT2D eigenvalue weighted by atomic mass is 32.1. The topological polar surface area (TPSA) is 43.1 Å². The molecule has 0 unspecified atom stereocenters. The number of nitrogens with zero attached hydrogens (tertiary/aromatic N) is 4. The van der Waals surface area contributed by atoms with Gasteiger partial charge in [-0.2, -0.15) is 9.61 Å². The number of hydrogen-bond acceptors (Lipinski definition) is 4. The molecule has 0 saturated heterocycles. The highest BCUT2D eigenvalue weighted by Crippen LogP contribution is 2.28. The SMILES string of the molecule is CCc1nnc2sc(-c3cc(C)ccc3C)nn12. The van der Waals surface area contributed by atoms with Gasteiger partial charge in [0.05, 0.1) is 0 Å². The number of rotatable bonds is 2. The van der Waals surface area contributed by atoms with Gasteiger partial charge in [-0.3, -0.25) is 0 Å². The van der Waals surface area contributed by atoms with Crippen LogP contribution in [-0.2, 0) is 6.42 Å². The molecular weight excluding hydrogens is 244 g/mol. The molecule has 0 radical (unpaired) electrons. The minimum atomic E-state index is 0.844. The Bertz CT molecular complexity index is 711. The fourth-order valence-electron chi connectivity index (χ4n) is 1.95. The molecule has 18 heavy (non-hydrogen) atoms. The van der Waals surface area contributed by atoms with Crippen LogP contribution in [0, 0.1) is 13.8 Å². The van der Waals surface area contributed by atoms with Crippen LogP contribution in [0.3, 0.4) is 0 Å². The number of hydrogen-bond donors (Lipinski definition) is 0. The zero-order valence-electron chi connectivity index (χ0n) is 10.6. The lowest BCUT2D eigenvalue weighted by molar-refractivity contribution is 0.837. The highest BCUT2D eigenvalue weighted by molar-refractivity contribution is 7.19. The molecule has 1 aromatic carbocycles. The zero-order valence-corrected chi connectivity index (χ0v) is 11.5. The van der Waals surface area contributed by atoms with Crippen LogP contribution in [0.15, 0.2) is 18.2 Å². The molecule has 5 heteroatoms. The van der Waals surface area contributed by atoms with Crippen molar-refractivity contribution in [3.63, 3.8) is 0 Å². The first-order chi connectivity index (χ1) is 8.69. The van der Waals surface area contributed by atoms with E-state index >= 15 is 0 Å². The molecular formula is C13H14N4S. The van der Waals surface area contributed by atoms with Crippen molar-refractivity contribution in [3.8, 4) is 10.6 Å². The third-order valence-electron chi connectivity index (χ3n) is 3.00. The van der Waals surface area contributed by atoms with Crippen molar-refractivity contribution in [1.29, 1.82) is 0 Å². The van der Waals surface area contributed by atoms with Crippen LogP contribution in [0.25, 0.3) is 15.5 Å². The van der Waals surface area contributed by atoms with Crippen LogP contribution in [0.4, 0.5) is 0 Å². The first kappa shape index (κ1) is 11.3. The Hall–Kier alpha value is -1.75. The largest absolute Gasteiger partial charge is 0.234 e. The summed E-state index contributed by atoms with van der Waals surface area (Å²) in [5.74, 6) is 0.915. The van der Waals surface area contributed by atoms with Crippen LogP contribution < -0.4 is 0 Å². The molecule has 4 nitrogen and oxygen atoms in total. The maximum absolute atomic E-state index is 4.63. The van der Waals surface area contributed by atoms with Crippen molar-refractivity contribution in [2.24, 2.45) is 0 Å². The number of benzene rings is 1. The van der Waals surface area contributed by atoms with Crippen LogP contribution in [0.2, 0.25) is 0 Å². The fraction of sp³-hybridized carbons (Fsp3) is 0.308. The summed E-state index contributed by atoms with van der Waals surface area (Å²) in [5.41, 5.74) is 3.67. The van der Waals surface area contributed by atoms with Gasteiger partial charge in [0.15, 0.2) is 5.82 Å². The van der Waals surface area contributed by atoms with E-state index in [1.807, 2.05) is 4.52 Å². The van der Waals surface area contributed by atoms with E-state index in [4.69, 9.17) is 0 Å². The van der Waals surface area contributed by atoms with Gasteiger partial charge in [-0.05, 0) is 25.5 Å². The quantitative estimate of drug-likeness (QED) is 0.709. The molecule has 0 aliphatic carbocycles. The summed E-state index contributed by atoms with van der Waals surface area (Å²) < 4.78 is 1.85. The first-order valence-corrected chi connectivity index (χ1v) is 6.79. The van der Waals surface area contributed by atoms with Gasteiger partial charge >= 0.3 is 0 Å². The summed E-state index contributed by atoms with van der Waals surface area (Å²) >= 11 is 1.59. The summed E-state index contributed by atoms with van der Waals surface area (Å²) in [6, 6.07) is 6.43. The first-order valence-electron chi connectivity index (χ1n) is 5.97. The van der Waals surface area contributed by atoms with E-state index < -0.39 is 0 Å². The second-order valence-electron chi connectivity index (χ2n) is 4.39. The van der Waals surface area contributed by atoms with E-state index in [9.17, 15) is 0 Å². The molecule has 2 heterocycles. The average Bonchev–Trinajstić information content (AvgIpc) is 2.91. The van der Waals surface area contributed by atoms with Gasteiger partial charge < -0.3 is 0 Å². The third-order valence-corrected chi connectivity index (χ3v) is 3.93. The molecule has 0 saturated carbocycles. The maximum atomic E-state index is 4.63. The van der Waals surface area contributed by atoms with E-state index in [1.54, 1.807) is 11.3 Å². The maximum Gasteiger partial charge on any atom is 0.234 e. The van der Waals surface area contributed by atoms with E-state index in [1.165, 1.54) is 16.7 Å². The second-order valence-corrected chi connectivity index (χ2v) is 5.35. The standard InChI is InChI=1S/C13H14N4S/c1-4-11-14-15-13-17(11)16-12(18-13)10-7-8(2)5-6-9(10)3/h5-7H,4H2,1-3H3. The predicted octanol–water partition coefficient (Wildman–Crippen LogP) is 3.03. The lowest BCUT2D eigenvalue weighted by Crippen LogP contribution is -1.94. The van der Waals surface area contributed by atoms with E-state index in [2.05, 4.69) is 54.3 Å². The van der Waals surface area contributed by atoms with Gasteiger partial charge in [0.1, 0.15) is 5.01 Å². The highest BCUT2D eigenvalue weighted by Gasteiger charge is 2.13.